The second-order valence-electron chi connectivity index (χ2n) is 3.04. The van der Waals surface area contributed by atoms with Crippen LogP contribution >= 0.6 is 0 Å². The third-order valence-corrected chi connectivity index (χ3v) is 1.90. The summed E-state index contributed by atoms with van der Waals surface area (Å²) >= 11 is 0. The van der Waals surface area contributed by atoms with Crippen molar-refractivity contribution in [2.75, 3.05) is 7.11 Å². The van der Waals surface area contributed by atoms with Crippen molar-refractivity contribution in [1.29, 1.82) is 0 Å². The molecule has 0 aromatic heterocycles. The molecule has 0 fully saturated rings. The average Bonchev–Trinajstić information content (AvgIpc) is 2.12. The topological polar surface area (TPSA) is 46.5 Å². The summed E-state index contributed by atoms with van der Waals surface area (Å²) in [5, 5.41) is 8.66. The standard InChI is InChI=1S/C10H10F2O3/c1-15-9(10(13)14)4-6-2-7(11)5-8(12)3-6/h2-3,5,9H,4H2,1H3,(H,13,14). The molecular weight excluding hydrogens is 206 g/mol. The van der Waals surface area contributed by atoms with E-state index in [1.807, 2.05) is 0 Å². The first kappa shape index (κ1) is 11.6. The number of rotatable bonds is 4. The summed E-state index contributed by atoms with van der Waals surface area (Å²) in [5.74, 6) is -2.63. The lowest BCUT2D eigenvalue weighted by Gasteiger charge is -2.10. The third kappa shape index (κ3) is 3.28. The average molecular weight is 216 g/mol. The Balaban J connectivity index is 2.83. The predicted molar refractivity (Wildman–Crippen MR) is 48.5 cm³/mol. The zero-order chi connectivity index (χ0) is 11.4. The molecule has 0 aliphatic rings. The van der Waals surface area contributed by atoms with Gasteiger partial charge in [-0.25, -0.2) is 13.6 Å². The monoisotopic (exact) mass is 216 g/mol. The van der Waals surface area contributed by atoms with Crippen LogP contribution in [-0.4, -0.2) is 24.3 Å². The predicted octanol–water partition coefficient (Wildman–Crippen LogP) is 1.61. The van der Waals surface area contributed by atoms with E-state index in [2.05, 4.69) is 4.74 Å². The van der Waals surface area contributed by atoms with Gasteiger partial charge >= 0.3 is 5.97 Å². The molecule has 1 atom stereocenters. The van der Waals surface area contributed by atoms with Gasteiger partial charge in [-0.3, -0.25) is 0 Å². The molecule has 1 aromatic carbocycles. The largest absolute Gasteiger partial charge is 0.479 e. The lowest BCUT2D eigenvalue weighted by atomic mass is 10.1. The zero-order valence-electron chi connectivity index (χ0n) is 8.04. The van der Waals surface area contributed by atoms with Crippen LogP contribution in [0.2, 0.25) is 0 Å². The fraction of sp³-hybridized carbons (Fsp3) is 0.300. The van der Waals surface area contributed by atoms with Crippen molar-refractivity contribution in [2.45, 2.75) is 12.5 Å². The van der Waals surface area contributed by atoms with E-state index in [1.54, 1.807) is 0 Å². The highest BCUT2D eigenvalue weighted by Crippen LogP contribution is 2.11. The number of aliphatic carboxylic acids is 1. The Bertz CT molecular complexity index is 345. The summed E-state index contributed by atoms with van der Waals surface area (Å²) in [5.41, 5.74) is 0.252. The van der Waals surface area contributed by atoms with Crippen LogP contribution in [0.5, 0.6) is 0 Å². The molecule has 0 heterocycles. The Labute approximate surface area is 85.3 Å². The summed E-state index contributed by atoms with van der Waals surface area (Å²) in [4.78, 5) is 10.6. The van der Waals surface area contributed by atoms with Crippen molar-refractivity contribution in [3.8, 4) is 0 Å². The van der Waals surface area contributed by atoms with Gasteiger partial charge in [-0.2, -0.15) is 0 Å². The van der Waals surface area contributed by atoms with Crippen LogP contribution in [0.3, 0.4) is 0 Å². The molecule has 0 bridgehead atoms. The minimum absolute atomic E-state index is 0.0689. The Kier molecular flexibility index (Phi) is 3.74. The summed E-state index contributed by atoms with van der Waals surface area (Å²) in [6.45, 7) is 0. The molecule has 0 radical (unpaired) electrons. The SMILES string of the molecule is COC(Cc1cc(F)cc(F)c1)C(=O)O. The van der Waals surface area contributed by atoms with Crippen LogP contribution < -0.4 is 0 Å². The molecule has 1 rings (SSSR count). The van der Waals surface area contributed by atoms with Crippen molar-refractivity contribution in [2.24, 2.45) is 0 Å². The number of carbonyl (C=O) groups is 1. The maximum atomic E-state index is 12.8. The number of carboxylic acid groups (broad SMARTS) is 1. The minimum Gasteiger partial charge on any atom is -0.479 e. The van der Waals surface area contributed by atoms with Gasteiger partial charge in [0.05, 0.1) is 0 Å². The van der Waals surface area contributed by atoms with Gasteiger partial charge < -0.3 is 9.84 Å². The molecule has 0 amide bonds. The summed E-state index contributed by atoms with van der Waals surface area (Å²) in [6, 6.07) is 2.89. The smallest absolute Gasteiger partial charge is 0.333 e. The molecule has 1 aromatic rings. The maximum absolute atomic E-state index is 12.8. The highest BCUT2D eigenvalue weighted by atomic mass is 19.1. The fourth-order valence-corrected chi connectivity index (χ4v) is 1.21. The van der Waals surface area contributed by atoms with Gasteiger partial charge in [0.1, 0.15) is 11.6 Å². The molecule has 5 heteroatoms. The van der Waals surface area contributed by atoms with Crippen LogP contribution in [0.25, 0.3) is 0 Å². The second kappa shape index (κ2) is 4.84. The Hall–Kier alpha value is -1.49. The van der Waals surface area contributed by atoms with Gasteiger partial charge in [0.2, 0.25) is 0 Å². The van der Waals surface area contributed by atoms with E-state index in [-0.39, 0.29) is 12.0 Å². The molecule has 15 heavy (non-hydrogen) atoms. The summed E-state index contributed by atoms with van der Waals surface area (Å²) < 4.78 is 30.2. The lowest BCUT2D eigenvalue weighted by molar-refractivity contribution is -0.148. The van der Waals surface area contributed by atoms with Crippen molar-refractivity contribution >= 4 is 5.97 Å². The molecule has 82 valence electrons. The van der Waals surface area contributed by atoms with Gasteiger partial charge in [0.25, 0.3) is 0 Å². The quantitative estimate of drug-likeness (QED) is 0.831. The van der Waals surface area contributed by atoms with E-state index in [4.69, 9.17) is 5.11 Å². The number of halogens is 2. The first-order chi connectivity index (χ1) is 7.02. The summed E-state index contributed by atoms with van der Waals surface area (Å²) in [6.07, 6.45) is -1.16. The van der Waals surface area contributed by atoms with E-state index < -0.39 is 23.7 Å². The third-order valence-electron chi connectivity index (χ3n) is 1.90. The van der Waals surface area contributed by atoms with Crippen LogP contribution in [0.4, 0.5) is 8.78 Å². The Morgan fingerprint density at radius 3 is 2.33 bits per heavy atom. The van der Waals surface area contributed by atoms with Crippen molar-refractivity contribution in [1.82, 2.24) is 0 Å². The number of hydrogen-bond acceptors (Lipinski definition) is 2. The Morgan fingerprint density at radius 2 is 1.93 bits per heavy atom. The molecule has 0 aliphatic heterocycles. The van der Waals surface area contributed by atoms with Crippen molar-refractivity contribution < 1.29 is 23.4 Å². The fourth-order valence-electron chi connectivity index (χ4n) is 1.21. The van der Waals surface area contributed by atoms with E-state index >= 15 is 0 Å². The molecule has 3 nitrogen and oxygen atoms in total. The van der Waals surface area contributed by atoms with Gasteiger partial charge in [-0.1, -0.05) is 0 Å². The van der Waals surface area contributed by atoms with Crippen LogP contribution in [0.15, 0.2) is 18.2 Å². The van der Waals surface area contributed by atoms with Crippen LogP contribution in [0, 0.1) is 11.6 Å². The number of methoxy groups -OCH3 is 1. The number of benzene rings is 1. The van der Waals surface area contributed by atoms with Gasteiger partial charge in [0.15, 0.2) is 6.10 Å². The molecule has 0 aliphatic carbocycles. The lowest BCUT2D eigenvalue weighted by Crippen LogP contribution is -2.24. The van der Waals surface area contributed by atoms with E-state index in [1.165, 1.54) is 7.11 Å². The van der Waals surface area contributed by atoms with E-state index in [9.17, 15) is 13.6 Å². The molecule has 0 saturated heterocycles. The molecular formula is C10H10F2O3. The van der Waals surface area contributed by atoms with Crippen LogP contribution in [-0.2, 0) is 16.0 Å². The van der Waals surface area contributed by atoms with E-state index in [0.29, 0.717) is 0 Å². The first-order valence-electron chi connectivity index (χ1n) is 4.23. The highest BCUT2D eigenvalue weighted by Gasteiger charge is 2.17. The number of hydrogen-bond donors (Lipinski definition) is 1. The van der Waals surface area contributed by atoms with Crippen molar-refractivity contribution in [3.05, 3.63) is 35.4 Å². The van der Waals surface area contributed by atoms with Crippen molar-refractivity contribution in [3.63, 3.8) is 0 Å². The van der Waals surface area contributed by atoms with Gasteiger partial charge in [0, 0.05) is 19.6 Å². The normalized spacial score (nSPS) is 12.5. The molecule has 1 N–H and O–H groups in total. The molecule has 1 unspecified atom stereocenters. The summed E-state index contributed by atoms with van der Waals surface area (Å²) in [7, 11) is 1.23. The maximum Gasteiger partial charge on any atom is 0.333 e. The van der Waals surface area contributed by atoms with Gasteiger partial charge in [-0.05, 0) is 17.7 Å². The van der Waals surface area contributed by atoms with Gasteiger partial charge in [-0.15, -0.1) is 0 Å². The second-order valence-corrected chi connectivity index (χ2v) is 3.04. The number of ether oxygens (including phenoxy) is 1. The Morgan fingerprint density at radius 1 is 1.40 bits per heavy atom. The van der Waals surface area contributed by atoms with E-state index in [0.717, 1.165) is 18.2 Å². The zero-order valence-corrected chi connectivity index (χ0v) is 8.04. The number of carboxylic acids is 1. The highest BCUT2D eigenvalue weighted by molar-refractivity contribution is 5.72. The van der Waals surface area contributed by atoms with Crippen LogP contribution in [0.1, 0.15) is 5.56 Å². The first-order valence-corrected chi connectivity index (χ1v) is 4.23. The molecule has 0 spiro atoms. The minimum atomic E-state index is -1.16. The molecule has 0 saturated carbocycles.